The van der Waals surface area contributed by atoms with Crippen molar-refractivity contribution in [2.45, 2.75) is 46.3 Å². The standard InChI is InChI=1S/C17H28N2O2/c1-13(2)11-18-12-15(14-9-7-6-8-10-14)19-16(20)21-17(3,4)5/h6-10,13,15,18H,11-12H2,1-5H3,(H,19,20). The lowest BCUT2D eigenvalue weighted by Gasteiger charge is -2.24. The zero-order valence-electron chi connectivity index (χ0n) is 13.8. The number of carbonyl (C=O) groups excluding carboxylic acids is 1. The van der Waals surface area contributed by atoms with Crippen molar-refractivity contribution in [1.82, 2.24) is 10.6 Å². The van der Waals surface area contributed by atoms with Crippen LogP contribution in [0, 0.1) is 5.92 Å². The maximum absolute atomic E-state index is 12.0. The molecule has 1 amide bonds. The molecule has 1 unspecified atom stereocenters. The van der Waals surface area contributed by atoms with Crippen molar-refractivity contribution in [2.75, 3.05) is 13.1 Å². The van der Waals surface area contributed by atoms with Crippen LogP contribution in [0.4, 0.5) is 4.79 Å². The van der Waals surface area contributed by atoms with Crippen molar-refractivity contribution in [3.63, 3.8) is 0 Å². The number of hydrogen-bond donors (Lipinski definition) is 2. The molecular weight excluding hydrogens is 264 g/mol. The fraction of sp³-hybridized carbons (Fsp3) is 0.588. The molecule has 0 saturated carbocycles. The van der Waals surface area contributed by atoms with Crippen LogP contribution in [0.25, 0.3) is 0 Å². The largest absolute Gasteiger partial charge is 0.444 e. The van der Waals surface area contributed by atoms with E-state index in [0.29, 0.717) is 12.5 Å². The molecule has 1 rings (SSSR count). The van der Waals surface area contributed by atoms with Crippen molar-refractivity contribution in [3.05, 3.63) is 35.9 Å². The van der Waals surface area contributed by atoms with Crippen LogP contribution in [-0.2, 0) is 4.74 Å². The van der Waals surface area contributed by atoms with Crippen molar-refractivity contribution in [2.24, 2.45) is 5.92 Å². The van der Waals surface area contributed by atoms with Crippen molar-refractivity contribution >= 4 is 6.09 Å². The van der Waals surface area contributed by atoms with Crippen LogP contribution in [0.2, 0.25) is 0 Å². The third-order valence-corrected chi connectivity index (χ3v) is 2.79. The van der Waals surface area contributed by atoms with Gasteiger partial charge in [-0.3, -0.25) is 0 Å². The second kappa shape index (κ2) is 8.03. The Hall–Kier alpha value is -1.55. The quantitative estimate of drug-likeness (QED) is 0.843. The first-order chi connectivity index (χ1) is 9.78. The molecule has 0 spiro atoms. The van der Waals surface area contributed by atoms with E-state index >= 15 is 0 Å². The molecule has 21 heavy (non-hydrogen) atoms. The molecule has 1 atom stereocenters. The Balaban J connectivity index is 2.66. The second-order valence-corrected chi connectivity index (χ2v) is 6.66. The molecule has 0 saturated heterocycles. The predicted molar refractivity (Wildman–Crippen MR) is 86.3 cm³/mol. The Kier molecular flexibility index (Phi) is 6.69. The number of nitrogens with one attached hydrogen (secondary N) is 2. The third kappa shape index (κ3) is 7.71. The minimum absolute atomic E-state index is 0.0974. The molecule has 4 heteroatoms. The molecule has 1 aromatic rings. The summed E-state index contributed by atoms with van der Waals surface area (Å²) in [4.78, 5) is 12.0. The van der Waals surface area contributed by atoms with E-state index in [-0.39, 0.29) is 12.1 Å². The first-order valence-electron chi connectivity index (χ1n) is 7.53. The van der Waals surface area contributed by atoms with Crippen LogP contribution in [0.5, 0.6) is 0 Å². The number of amides is 1. The summed E-state index contributed by atoms with van der Waals surface area (Å²) in [6, 6.07) is 9.84. The number of carbonyl (C=O) groups is 1. The normalized spacial score (nSPS) is 13.0. The van der Waals surface area contributed by atoms with E-state index in [1.54, 1.807) is 0 Å². The van der Waals surface area contributed by atoms with E-state index in [0.717, 1.165) is 12.1 Å². The van der Waals surface area contributed by atoms with Gasteiger partial charge in [-0.1, -0.05) is 44.2 Å². The summed E-state index contributed by atoms with van der Waals surface area (Å²) in [5.74, 6) is 0.572. The summed E-state index contributed by atoms with van der Waals surface area (Å²) >= 11 is 0. The van der Waals surface area contributed by atoms with Gasteiger partial charge in [0.1, 0.15) is 5.60 Å². The lowest BCUT2D eigenvalue weighted by atomic mass is 10.1. The van der Waals surface area contributed by atoms with Crippen molar-refractivity contribution < 1.29 is 9.53 Å². The first-order valence-corrected chi connectivity index (χ1v) is 7.53. The van der Waals surface area contributed by atoms with Crippen molar-refractivity contribution in [3.8, 4) is 0 Å². The van der Waals surface area contributed by atoms with Gasteiger partial charge in [0.25, 0.3) is 0 Å². The average molecular weight is 292 g/mol. The van der Waals surface area contributed by atoms with Crippen LogP contribution in [0.15, 0.2) is 30.3 Å². The molecule has 0 aliphatic carbocycles. The molecule has 1 aromatic carbocycles. The summed E-state index contributed by atoms with van der Waals surface area (Å²) in [6.07, 6.45) is -0.386. The molecule has 0 heterocycles. The number of benzene rings is 1. The van der Waals surface area contributed by atoms with E-state index in [1.165, 1.54) is 0 Å². The summed E-state index contributed by atoms with van der Waals surface area (Å²) in [5, 5.41) is 6.32. The highest BCUT2D eigenvalue weighted by atomic mass is 16.6. The Bertz CT molecular complexity index is 424. The van der Waals surface area contributed by atoms with Gasteiger partial charge < -0.3 is 15.4 Å². The average Bonchev–Trinajstić information content (AvgIpc) is 2.36. The Morgan fingerprint density at radius 2 is 1.76 bits per heavy atom. The minimum atomic E-state index is -0.489. The second-order valence-electron chi connectivity index (χ2n) is 6.66. The van der Waals surface area contributed by atoms with E-state index in [4.69, 9.17) is 4.74 Å². The van der Waals surface area contributed by atoms with E-state index in [9.17, 15) is 4.79 Å². The van der Waals surface area contributed by atoms with Crippen LogP contribution in [0.1, 0.15) is 46.2 Å². The maximum Gasteiger partial charge on any atom is 0.408 e. The topological polar surface area (TPSA) is 50.4 Å². The molecule has 4 nitrogen and oxygen atoms in total. The van der Waals surface area contributed by atoms with Gasteiger partial charge in [0.05, 0.1) is 6.04 Å². The summed E-state index contributed by atoms with van der Waals surface area (Å²) in [6.45, 7) is 11.5. The lowest BCUT2D eigenvalue weighted by Crippen LogP contribution is -2.39. The van der Waals surface area contributed by atoms with Gasteiger partial charge in [-0.15, -0.1) is 0 Å². The van der Waals surface area contributed by atoms with Gasteiger partial charge in [0.15, 0.2) is 0 Å². The highest BCUT2D eigenvalue weighted by Crippen LogP contribution is 2.14. The van der Waals surface area contributed by atoms with Gasteiger partial charge in [-0.2, -0.15) is 0 Å². The Morgan fingerprint density at radius 3 is 2.29 bits per heavy atom. The van der Waals surface area contributed by atoms with E-state index in [2.05, 4.69) is 24.5 Å². The minimum Gasteiger partial charge on any atom is -0.444 e. The molecule has 0 radical (unpaired) electrons. The molecule has 0 aliphatic heterocycles. The Labute approximate surface area is 128 Å². The highest BCUT2D eigenvalue weighted by molar-refractivity contribution is 5.68. The van der Waals surface area contributed by atoms with E-state index in [1.807, 2.05) is 51.1 Å². The van der Waals surface area contributed by atoms with Gasteiger partial charge in [-0.05, 0) is 38.8 Å². The maximum atomic E-state index is 12.0. The zero-order chi connectivity index (χ0) is 15.9. The van der Waals surface area contributed by atoms with Gasteiger partial charge in [-0.25, -0.2) is 4.79 Å². The highest BCUT2D eigenvalue weighted by Gasteiger charge is 2.20. The first kappa shape index (κ1) is 17.5. The van der Waals surface area contributed by atoms with Crippen LogP contribution < -0.4 is 10.6 Å². The van der Waals surface area contributed by atoms with Crippen LogP contribution in [-0.4, -0.2) is 24.8 Å². The number of rotatable bonds is 6. The molecule has 2 N–H and O–H groups in total. The number of ether oxygens (including phenoxy) is 1. The molecule has 118 valence electrons. The number of hydrogen-bond acceptors (Lipinski definition) is 3. The van der Waals surface area contributed by atoms with Crippen molar-refractivity contribution in [1.29, 1.82) is 0 Å². The molecule has 0 bridgehead atoms. The van der Waals surface area contributed by atoms with Gasteiger partial charge in [0, 0.05) is 6.54 Å². The summed E-state index contributed by atoms with van der Waals surface area (Å²) < 4.78 is 5.34. The SMILES string of the molecule is CC(C)CNCC(NC(=O)OC(C)(C)C)c1ccccc1. The van der Waals surface area contributed by atoms with Crippen LogP contribution >= 0.6 is 0 Å². The zero-order valence-corrected chi connectivity index (χ0v) is 13.8. The monoisotopic (exact) mass is 292 g/mol. The van der Waals surface area contributed by atoms with Gasteiger partial charge in [0.2, 0.25) is 0 Å². The predicted octanol–water partition coefficient (Wildman–Crippen LogP) is 3.50. The smallest absolute Gasteiger partial charge is 0.408 e. The summed E-state index contributed by atoms with van der Waals surface area (Å²) in [5.41, 5.74) is 0.580. The molecule has 0 aliphatic rings. The fourth-order valence-electron chi connectivity index (χ4n) is 1.90. The summed E-state index contributed by atoms with van der Waals surface area (Å²) in [7, 11) is 0. The van der Waals surface area contributed by atoms with E-state index < -0.39 is 5.60 Å². The fourth-order valence-corrected chi connectivity index (χ4v) is 1.90. The molecule has 0 fully saturated rings. The molecular formula is C17H28N2O2. The molecule has 0 aromatic heterocycles. The lowest BCUT2D eigenvalue weighted by molar-refractivity contribution is 0.0503. The van der Waals surface area contributed by atoms with Crippen LogP contribution in [0.3, 0.4) is 0 Å². The Morgan fingerprint density at radius 1 is 1.14 bits per heavy atom. The third-order valence-electron chi connectivity index (χ3n) is 2.79. The van der Waals surface area contributed by atoms with Gasteiger partial charge >= 0.3 is 6.09 Å². The number of alkyl carbamates (subject to hydrolysis) is 1.